The van der Waals surface area contributed by atoms with E-state index in [0.29, 0.717) is 5.11 Å². The van der Waals surface area contributed by atoms with Crippen molar-refractivity contribution < 1.29 is 0 Å². The Morgan fingerprint density at radius 2 is 1.77 bits per heavy atom. The van der Waals surface area contributed by atoms with E-state index in [0.717, 1.165) is 12.1 Å². The van der Waals surface area contributed by atoms with Gasteiger partial charge < -0.3 is 10.6 Å². The zero-order valence-corrected chi connectivity index (χ0v) is 14.6. The average Bonchev–Trinajstić information content (AvgIpc) is 2.50. The summed E-state index contributed by atoms with van der Waals surface area (Å²) in [6.45, 7) is 8.53. The SMILES string of the molecule is CCc1ccc(NC(=S)N[C@@H](C)c2cc(C)ccc2C)cc1. The highest BCUT2D eigenvalue weighted by Crippen LogP contribution is 2.19. The Hall–Kier alpha value is -1.87. The second-order valence-electron chi connectivity index (χ2n) is 5.73. The lowest BCUT2D eigenvalue weighted by Gasteiger charge is -2.19. The Kier molecular flexibility index (Phi) is 5.56. The van der Waals surface area contributed by atoms with E-state index in [-0.39, 0.29) is 6.04 Å². The van der Waals surface area contributed by atoms with Crippen LogP contribution in [-0.2, 0) is 6.42 Å². The maximum atomic E-state index is 5.43. The van der Waals surface area contributed by atoms with Crippen LogP contribution in [0.15, 0.2) is 42.5 Å². The fourth-order valence-electron chi connectivity index (χ4n) is 2.49. The first-order valence-corrected chi connectivity index (χ1v) is 8.14. The van der Waals surface area contributed by atoms with Crippen molar-refractivity contribution in [2.45, 2.75) is 40.2 Å². The normalized spacial score (nSPS) is 11.8. The third-order valence-corrected chi connectivity index (χ3v) is 4.09. The molecule has 0 unspecified atom stereocenters. The zero-order valence-electron chi connectivity index (χ0n) is 13.7. The molecule has 0 spiro atoms. The summed E-state index contributed by atoms with van der Waals surface area (Å²) >= 11 is 5.43. The molecule has 0 saturated heterocycles. The van der Waals surface area contributed by atoms with Crippen molar-refractivity contribution in [1.82, 2.24) is 5.32 Å². The molecule has 0 aromatic heterocycles. The molecule has 2 rings (SSSR count). The van der Waals surface area contributed by atoms with Gasteiger partial charge in [0.2, 0.25) is 0 Å². The van der Waals surface area contributed by atoms with E-state index < -0.39 is 0 Å². The van der Waals surface area contributed by atoms with Crippen LogP contribution in [0.4, 0.5) is 5.69 Å². The molecule has 2 nitrogen and oxygen atoms in total. The molecule has 2 aromatic rings. The quantitative estimate of drug-likeness (QED) is 0.784. The van der Waals surface area contributed by atoms with E-state index in [4.69, 9.17) is 12.2 Å². The fourth-order valence-corrected chi connectivity index (χ4v) is 2.79. The van der Waals surface area contributed by atoms with Gasteiger partial charge in [-0.15, -0.1) is 0 Å². The zero-order chi connectivity index (χ0) is 16.1. The van der Waals surface area contributed by atoms with Gasteiger partial charge in [-0.2, -0.15) is 0 Å². The third-order valence-electron chi connectivity index (χ3n) is 3.87. The van der Waals surface area contributed by atoms with Crippen LogP contribution in [0, 0.1) is 13.8 Å². The minimum atomic E-state index is 0.176. The van der Waals surface area contributed by atoms with E-state index in [2.05, 4.69) is 80.8 Å². The average molecular weight is 312 g/mol. The Morgan fingerprint density at radius 1 is 1.09 bits per heavy atom. The van der Waals surface area contributed by atoms with E-state index in [1.54, 1.807) is 0 Å². The van der Waals surface area contributed by atoms with Crippen LogP contribution >= 0.6 is 12.2 Å². The number of benzene rings is 2. The third kappa shape index (κ3) is 4.31. The number of nitrogens with one attached hydrogen (secondary N) is 2. The Morgan fingerprint density at radius 3 is 2.41 bits per heavy atom. The molecule has 0 amide bonds. The van der Waals surface area contributed by atoms with E-state index in [9.17, 15) is 0 Å². The summed E-state index contributed by atoms with van der Waals surface area (Å²) in [7, 11) is 0. The van der Waals surface area contributed by atoms with E-state index in [1.807, 2.05) is 0 Å². The van der Waals surface area contributed by atoms with Gasteiger partial charge in [0.15, 0.2) is 5.11 Å². The lowest BCUT2D eigenvalue weighted by Crippen LogP contribution is -2.31. The molecule has 0 bridgehead atoms. The number of hydrogen-bond acceptors (Lipinski definition) is 1. The van der Waals surface area contributed by atoms with E-state index in [1.165, 1.54) is 22.3 Å². The van der Waals surface area contributed by atoms with Crippen molar-refractivity contribution in [3.63, 3.8) is 0 Å². The van der Waals surface area contributed by atoms with Gasteiger partial charge in [0, 0.05) is 5.69 Å². The van der Waals surface area contributed by atoms with Gasteiger partial charge in [0.05, 0.1) is 6.04 Å². The van der Waals surface area contributed by atoms with Crippen molar-refractivity contribution in [2.24, 2.45) is 0 Å². The molecule has 116 valence electrons. The second kappa shape index (κ2) is 7.41. The lowest BCUT2D eigenvalue weighted by atomic mass is 10.0. The van der Waals surface area contributed by atoms with Crippen LogP contribution in [0.2, 0.25) is 0 Å². The van der Waals surface area contributed by atoms with Crippen LogP contribution in [-0.4, -0.2) is 5.11 Å². The van der Waals surface area contributed by atoms with Crippen LogP contribution in [0.1, 0.15) is 42.1 Å². The lowest BCUT2D eigenvalue weighted by molar-refractivity contribution is 0.716. The molecule has 2 aromatic carbocycles. The minimum Gasteiger partial charge on any atom is -0.356 e. The van der Waals surface area contributed by atoms with Gasteiger partial charge in [-0.05, 0) is 68.2 Å². The monoisotopic (exact) mass is 312 g/mol. The molecule has 0 radical (unpaired) electrons. The highest BCUT2D eigenvalue weighted by molar-refractivity contribution is 7.80. The van der Waals surface area contributed by atoms with Gasteiger partial charge in [-0.25, -0.2) is 0 Å². The van der Waals surface area contributed by atoms with Crippen molar-refractivity contribution in [1.29, 1.82) is 0 Å². The molecule has 0 heterocycles. The molecule has 22 heavy (non-hydrogen) atoms. The van der Waals surface area contributed by atoms with Gasteiger partial charge in [-0.1, -0.05) is 42.8 Å². The summed E-state index contributed by atoms with van der Waals surface area (Å²) in [5.74, 6) is 0. The summed E-state index contributed by atoms with van der Waals surface area (Å²) in [6.07, 6.45) is 1.05. The van der Waals surface area contributed by atoms with Crippen LogP contribution in [0.25, 0.3) is 0 Å². The van der Waals surface area contributed by atoms with Gasteiger partial charge in [-0.3, -0.25) is 0 Å². The molecule has 0 saturated carbocycles. The molecule has 2 N–H and O–H groups in total. The first kappa shape index (κ1) is 16.5. The van der Waals surface area contributed by atoms with Crippen LogP contribution < -0.4 is 10.6 Å². The van der Waals surface area contributed by atoms with E-state index >= 15 is 0 Å². The predicted octanol–water partition coefficient (Wildman–Crippen LogP) is 4.91. The fraction of sp³-hybridized carbons (Fsp3) is 0.316. The van der Waals surface area contributed by atoms with Gasteiger partial charge >= 0.3 is 0 Å². The number of aryl methyl sites for hydroxylation is 3. The first-order valence-electron chi connectivity index (χ1n) is 7.73. The number of hydrogen-bond donors (Lipinski definition) is 2. The number of thiocarbonyl (C=S) groups is 1. The molecule has 1 atom stereocenters. The minimum absolute atomic E-state index is 0.176. The second-order valence-corrected chi connectivity index (χ2v) is 6.14. The highest BCUT2D eigenvalue weighted by Gasteiger charge is 2.10. The Labute approximate surface area is 139 Å². The number of anilines is 1. The summed E-state index contributed by atoms with van der Waals surface area (Å²) in [5, 5.41) is 7.26. The van der Waals surface area contributed by atoms with Crippen LogP contribution in [0.5, 0.6) is 0 Å². The molecule has 0 aliphatic rings. The predicted molar refractivity (Wildman–Crippen MR) is 99.5 cm³/mol. The molecular weight excluding hydrogens is 288 g/mol. The van der Waals surface area contributed by atoms with Crippen molar-refractivity contribution in [2.75, 3.05) is 5.32 Å². The maximum absolute atomic E-state index is 5.43. The standard InChI is InChI=1S/C19H24N2S/c1-5-16-8-10-17(11-9-16)21-19(22)20-15(4)18-12-13(2)6-7-14(18)3/h6-12,15H,5H2,1-4H3,(H2,20,21,22)/t15-/m0/s1. The first-order chi connectivity index (χ1) is 10.5. The van der Waals surface area contributed by atoms with Gasteiger partial charge in [0.25, 0.3) is 0 Å². The summed E-state index contributed by atoms with van der Waals surface area (Å²) in [6, 6.07) is 15.1. The van der Waals surface area contributed by atoms with Crippen LogP contribution in [0.3, 0.4) is 0 Å². The molecule has 3 heteroatoms. The summed E-state index contributed by atoms with van der Waals surface area (Å²) in [4.78, 5) is 0. The molecule has 0 fully saturated rings. The van der Waals surface area contributed by atoms with Crippen molar-refractivity contribution >= 4 is 23.0 Å². The van der Waals surface area contributed by atoms with Crippen molar-refractivity contribution in [3.05, 3.63) is 64.7 Å². The molecule has 0 aliphatic carbocycles. The topological polar surface area (TPSA) is 24.1 Å². The molecular formula is C19H24N2S. The summed E-state index contributed by atoms with van der Waals surface area (Å²) in [5.41, 5.74) is 6.17. The Balaban J connectivity index is 2.00. The largest absolute Gasteiger partial charge is 0.356 e. The summed E-state index contributed by atoms with van der Waals surface area (Å²) < 4.78 is 0. The smallest absolute Gasteiger partial charge is 0.171 e. The van der Waals surface area contributed by atoms with Crippen molar-refractivity contribution in [3.8, 4) is 0 Å². The number of rotatable bonds is 4. The maximum Gasteiger partial charge on any atom is 0.171 e. The Bertz CT molecular complexity index is 647. The molecule has 0 aliphatic heterocycles. The van der Waals surface area contributed by atoms with Gasteiger partial charge in [0.1, 0.15) is 0 Å². The highest BCUT2D eigenvalue weighted by atomic mass is 32.1.